The maximum atomic E-state index is 13.9. The van der Waals surface area contributed by atoms with Crippen LogP contribution in [0.2, 0.25) is 0 Å². The highest BCUT2D eigenvalue weighted by molar-refractivity contribution is 5.83. The second kappa shape index (κ2) is 12.6. The van der Waals surface area contributed by atoms with Gasteiger partial charge in [0.1, 0.15) is 12.1 Å². The number of rotatable bonds is 11. The van der Waals surface area contributed by atoms with Crippen LogP contribution in [0.3, 0.4) is 0 Å². The average Bonchev–Trinajstić information content (AvgIpc) is 3.32. The Morgan fingerprint density at radius 3 is 2.50 bits per heavy atom. The third-order valence-electron chi connectivity index (χ3n) is 10.4. The van der Waals surface area contributed by atoms with Gasteiger partial charge in [-0.25, -0.2) is 0 Å². The van der Waals surface area contributed by atoms with Crippen LogP contribution in [0.4, 0.5) is 5.69 Å². The second-order valence-corrected chi connectivity index (χ2v) is 13.7. The Labute approximate surface area is 251 Å². The number of hydrogen-bond acceptors (Lipinski definition) is 7. The van der Waals surface area contributed by atoms with Crippen LogP contribution in [0.15, 0.2) is 48.5 Å². The van der Waals surface area contributed by atoms with E-state index in [0.29, 0.717) is 29.7 Å². The van der Waals surface area contributed by atoms with Crippen LogP contribution in [0.5, 0.6) is 0 Å². The molecule has 4 fully saturated rings. The van der Waals surface area contributed by atoms with E-state index in [1.165, 1.54) is 6.42 Å². The lowest BCUT2D eigenvalue weighted by Crippen LogP contribution is -2.62. The monoisotopic (exact) mass is 578 g/mol. The van der Waals surface area contributed by atoms with Gasteiger partial charge in [0.2, 0.25) is 5.91 Å². The Kier molecular flexibility index (Phi) is 9.30. The van der Waals surface area contributed by atoms with Gasteiger partial charge >= 0.3 is 0 Å². The van der Waals surface area contributed by atoms with Gasteiger partial charge in [0.15, 0.2) is 0 Å². The molecule has 0 radical (unpaired) electrons. The summed E-state index contributed by atoms with van der Waals surface area (Å²) in [5.74, 6) is 0.982. The first-order valence-electron chi connectivity index (χ1n) is 15.6. The molecule has 1 saturated heterocycles. The van der Waals surface area contributed by atoms with E-state index in [0.717, 1.165) is 41.9 Å². The van der Waals surface area contributed by atoms with E-state index in [1.807, 2.05) is 12.1 Å². The highest BCUT2D eigenvalue weighted by Gasteiger charge is 2.57. The largest absolute Gasteiger partial charge is 0.394 e. The van der Waals surface area contributed by atoms with Crippen LogP contribution in [0, 0.1) is 29.1 Å². The van der Waals surface area contributed by atoms with Crippen molar-refractivity contribution in [1.29, 1.82) is 0 Å². The number of aliphatic hydroxyl groups is 2. The molecule has 8 heteroatoms. The highest BCUT2D eigenvalue weighted by atomic mass is 16.7. The summed E-state index contributed by atoms with van der Waals surface area (Å²) in [5, 5.41) is 29.3. The van der Waals surface area contributed by atoms with Crippen molar-refractivity contribution in [2.75, 3.05) is 39.1 Å². The number of amides is 1. The van der Waals surface area contributed by atoms with E-state index in [2.05, 4.69) is 86.8 Å². The summed E-state index contributed by atoms with van der Waals surface area (Å²) in [6.45, 7) is 10.6. The smallest absolute Gasteiger partial charge is 0.240 e. The summed E-state index contributed by atoms with van der Waals surface area (Å²) >= 11 is 0. The van der Waals surface area contributed by atoms with Crippen LogP contribution in [-0.4, -0.2) is 84.2 Å². The number of carbonyl (C=O) groups excluding carboxylic acids is 1. The van der Waals surface area contributed by atoms with Crippen LogP contribution in [0.1, 0.15) is 46.1 Å². The lowest BCUT2D eigenvalue weighted by molar-refractivity contribution is -0.183. The molecule has 8 nitrogen and oxygen atoms in total. The van der Waals surface area contributed by atoms with Crippen molar-refractivity contribution >= 4 is 11.6 Å². The van der Waals surface area contributed by atoms with E-state index in [-0.39, 0.29) is 18.6 Å². The Morgan fingerprint density at radius 2 is 1.88 bits per heavy atom. The zero-order chi connectivity index (χ0) is 30.2. The molecule has 1 amide bonds. The van der Waals surface area contributed by atoms with Crippen molar-refractivity contribution in [3.05, 3.63) is 54.1 Å². The molecule has 42 heavy (non-hydrogen) atoms. The molecule has 3 saturated carbocycles. The van der Waals surface area contributed by atoms with Gasteiger partial charge in [0.05, 0.1) is 19.3 Å². The predicted octanol–water partition coefficient (Wildman–Crippen LogP) is 3.99. The van der Waals surface area contributed by atoms with Crippen LogP contribution in [0.25, 0.3) is 11.1 Å². The first-order valence-corrected chi connectivity index (χ1v) is 15.6. The zero-order valence-corrected chi connectivity index (χ0v) is 26.1. The van der Waals surface area contributed by atoms with Gasteiger partial charge in [-0.3, -0.25) is 9.63 Å². The Morgan fingerprint density at radius 1 is 1.14 bits per heavy atom. The number of carbonyl (C=O) groups is 1. The Bertz CT molecular complexity index is 1220. The second-order valence-electron chi connectivity index (χ2n) is 13.7. The minimum atomic E-state index is -0.810. The molecule has 4 aliphatic rings. The van der Waals surface area contributed by atoms with Crippen molar-refractivity contribution in [3.8, 4) is 11.1 Å². The van der Waals surface area contributed by atoms with Crippen molar-refractivity contribution < 1.29 is 19.8 Å². The van der Waals surface area contributed by atoms with Gasteiger partial charge in [-0.15, -0.1) is 0 Å². The SMILES string of the molecule is C[C@@H]1C(NC(=O)[C@@H]2[C@H]([C@H](C)O)[C@H](CO)ON2Cc2cccc(-c3ccc(NCCN(C)C)cc3)c2)C[C@@H]2CC1C2(C)C. The average molecular weight is 579 g/mol. The molecule has 0 spiro atoms. The molecule has 0 aromatic heterocycles. The number of aliphatic hydroxyl groups excluding tert-OH is 2. The number of fused-ring (bicyclic) bond motifs is 2. The van der Waals surface area contributed by atoms with E-state index < -0.39 is 24.2 Å². The summed E-state index contributed by atoms with van der Waals surface area (Å²) < 4.78 is 0. The molecule has 230 valence electrons. The fourth-order valence-electron chi connectivity index (χ4n) is 7.72. The predicted molar refractivity (Wildman–Crippen MR) is 166 cm³/mol. The summed E-state index contributed by atoms with van der Waals surface area (Å²) in [5.41, 5.74) is 4.60. The van der Waals surface area contributed by atoms with Gasteiger partial charge in [-0.1, -0.05) is 51.1 Å². The van der Waals surface area contributed by atoms with Gasteiger partial charge in [-0.05, 0) is 91.9 Å². The maximum absolute atomic E-state index is 13.9. The van der Waals surface area contributed by atoms with Crippen LogP contribution < -0.4 is 10.6 Å². The molecular weight excluding hydrogens is 528 g/mol. The van der Waals surface area contributed by atoms with Crippen LogP contribution in [-0.2, 0) is 16.2 Å². The molecule has 6 rings (SSSR count). The Balaban J connectivity index is 1.30. The van der Waals surface area contributed by atoms with E-state index >= 15 is 0 Å². The van der Waals surface area contributed by atoms with Crippen molar-refractivity contribution in [2.45, 2.75) is 71.4 Å². The molecule has 8 atom stereocenters. The van der Waals surface area contributed by atoms with Gasteiger partial charge in [0, 0.05) is 30.7 Å². The molecular formula is C34H50N4O4. The summed E-state index contributed by atoms with van der Waals surface area (Å²) in [4.78, 5) is 22.2. The maximum Gasteiger partial charge on any atom is 0.240 e. The molecule has 2 unspecified atom stereocenters. The highest BCUT2D eigenvalue weighted by Crippen LogP contribution is 2.61. The topological polar surface area (TPSA) is 97.3 Å². The van der Waals surface area contributed by atoms with Crippen LogP contribution >= 0.6 is 0 Å². The summed E-state index contributed by atoms with van der Waals surface area (Å²) in [6.07, 6.45) is 0.773. The third-order valence-corrected chi connectivity index (χ3v) is 10.4. The number of benzene rings is 2. The molecule has 3 aliphatic carbocycles. The fraction of sp³-hybridized carbons (Fsp3) is 0.618. The van der Waals surface area contributed by atoms with E-state index in [4.69, 9.17) is 4.84 Å². The number of nitrogens with one attached hydrogen (secondary N) is 2. The Hall–Kier alpha value is -2.49. The fourth-order valence-corrected chi connectivity index (χ4v) is 7.72. The van der Waals surface area contributed by atoms with Crippen molar-refractivity contribution in [3.63, 3.8) is 0 Å². The number of hydroxylamine groups is 2. The first-order chi connectivity index (χ1) is 20.0. The molecule has 1 heterocycles. The van der Waals surface area contributed by atoms with Gasteiger partial charge < -0.3 is 25.7 Å². The quantitative estimate of drug-likeness (QED) is 0.320. The molecule has 2 aromatic rings. The minimum absolute atomic E-state index is 0.114. The molecule has 4 N–H and O–H groups in total. The molecule has 2 bridgehead atoms. The zero-order valence-electron chi connectivity index (χ0n) is 26.1. The first kappa shape index (κ1) is 31.0. The lowest BCUT2D eigenvalue weighted by atomic mass is 9.45. The third kappa shape index (κ3) is 6.24. The number of anilines is 1. The number of hydrogen-bond donors (Lipinski definition) is 4. The standard InChI is InChI=1S/C34H50N4O4/c1-21-28-17-26(34(28,3)4)18-29(21)36-33(41)32-31(22(2)40)30(20-39)42-38(32)19-23-8-7-9-25(16-23)24-10-12-27(13-11-24)35-14-15-37(5)6/h7-13,16,21-22,26,28-32,35,39-40H,14-15,17-20H2,1-6H3,(H,36,41)/t21-,22-,26-,28?,29?,30-,31+,32-/m0/s1. The lowest BCUT2D eigenvalue weighted by Gasteiger charge is -2.62. The number of nitrogens with zero attached hydrogens (tertiary/aromatic N) is 2. The van der Waals surface area contributed by atoms with E-state index in [9.17, 15) is 15.0 Å². The number of likely N-dealkylation sites (N-methyl/N-ethyl adjacent to an activating group) is 1. The van der Waals surface area contributed by atoms with Gasteiger partial charge in [-0.2, -0.15) is 5.06 Å². The molecule has 2 aromatic carbocycles. The minimum Gasteiger partial charge on any atom is -0.394 e. The van der Waals surface area contributed by atoms with Gasteiger partial charge in [0.25, 0.3) is 0 Å². The summed E-state index contributed by atoms with van der Waals surface area (Å²) in [6, 6.07) is 16.1. The molecule has 1 aliphatic heterocycles. The van der Waals surface area contributed by atoms with Crippen molar-refractivity contribution in [2.24, 2.45) is 29.1 Å². The normalized spacial score (nSPS) is 31.0. The van der Waals surface area contributed by atoms with E-state index in [1.54, 1.807) is 12.0 Å². The summed E-state index contributed by atoms with van der Waals surface area (Å²) in [7, 11) is 4.13. The van der Waals surface area contributed by atoms with Crippen molar-refractivity contribution in [1.82, 2.24) is 15.3 Å².